The van der Waals surface area contributed by atoms with Crippen LogP contribution in [0, 0.1) is 22.7 Å². The number of ketones is 1. The predicted octanol–water partition coefficient (Wildman–Crippen LogP) is 5.72. The minimum Gasteiger partial charge on any atom is -0.458 e. The first kappa shape index (κ1) is 56.2. The number of esters is 1. The van der Waals surface area contributed by atoms with Crippen molar-refractivity contribution in [2.45, 2.75) is 241 Å². The lowest BCUT2D eigenvalue weighted by atomic mass is 9.43. The Morgan fingerprint density at radius 1 is 0.635 bits per heavy atom. The average Bonchev–Trinajstić information content (AvgIpc) is 3.79. The van der Waals surface area contributed by atoms with E-state index in [1.165, 1.54) is 6.92 Å². The van der Waals surface area contributed by atoms with Crippen LogP contribution in [0.2, 0.25) is 0 Å². The second kappa shape index (κ2) is 22.3. The number of ether oxygens (including phenoxy) is 13. The van der Waals surface area contributed by atoms with Gasteiger partial charge in [-0.15, -0.1) is 0 Å². The van der Waals surface area contributed by atoms with Gasteiger partial charge in [-0.3, -0.25) is 4.79 Å². The molecule has 0 spiro atoms. The van der Waals surface area contributed by atoms with Gasteiger partial charge < -0.3 is 76.9 Å². The molecule has 8 aliphatic rings. The number of aliphatic hydroxyl groups is 3. The molecule has 3 saturated carbocycles. The Morgan fingerprint density at radius 2 is 1.12 bits per heavy atom. The lowest BCUT2D eigenvalue weighted by molar-refractivity contribution is -0.347. The van der Waals surface area contributed by atoms with Crippen LogP contribution in [-0.2, 0) is 66.4 Å². The number of methoxy groups -OCH3 is 4. The lowest BCUT2D eigenvalue weighted by Gasteiger charge is -2.66. The van der Waals surface area contributed by atoms with Crippen molar-refractivity contribution in [3.63, 3.8) is 0 Å². The smallest absolute Gasteiger partial charge is 0.338 e. The van der Waals surface area contributed by atoms with Crippen LogP contribution >= 0.6 is 0 Å². The second-order valence-corrected chi connectivity index (χ2v) is 23.1. The number of Topliss-reactive ketones (excluding diaryl/α,β-unsaturated/α-hetero) is 1. The number of hydrogen-bond donors (Lipinski definition) is 3. The zero-order valence-electron chi connectivity index (χ0n) is 45.3. The van der Waals surface area contributed by atoms with Gasteiger partial charge in [0.05, 0.1) is 60.5 Å². The molecular formula is C56H84O18. The first-order valence-electron chi connectivity index (χ1n) is 27.1. The molecule has 0 radical (unpaired) electrons. The molecule has 416 valence electrons. The van der Waals surface area contributed by atoms with Crippen molar-refractivity contribution < 1.29 is 86.5 Å². The van der Waals surface area contributed by atoms with Crippen LogP contribution in [0.4, 0.5) is 0 Å². The Bertz CT molecular complexity index is 2130. The van der Waals surface area contributed by atoms with Crippen LogP contribution in [0.3, 0.4) is 0 Å². The summed E-state index contributed by atoms with van der Waals surface area (Å²) in [5.74, 6) is -1.62. The molecule has 18 nitrogen and oxygen atoms in total. The standard InChI is InChI=1S/C56H84O18/c1-29(57)37-19-22-56(61)54(37,7)43(71-52(59)34-15-13-12-14-16-34)28-42-53(6)20-18-36(23-35(53)17-21-55(42,56)60)70-44-25-39(63-9)49(31(3)67-44)73-46-27-41(65-11)51(33(5)69-46)74-47-26-40(64-10)50(32(4)68-47)72-45-24-38(62-8)48(58)30(2)66-45/h12-17,30-33,36-51,58,60-61H,18-28H2,1-11H3/t30-,31-,32-,33-,36+,37+,38+,39+,40-,41+,42-,43-,44+,45+,46+,47+,48-,49-,50-,51-,53+,54+,55+,56-/m1/s1. The molecule has 0 amide bonds. The number of aliphatic hydroxyl groups excluding tert-OH is 1. The third-order valence-corrected chi connectivity index (χ3v) is 19.2. The molecule has 24 atom stereocenters. The minimum absolute atomic E-state index is 0.0822. The van der Waals surface area contributed by atoms with Crippen LogP contribution in [-0.4, -0.2) is 177 Å². The van der Waals surface area contributed by atoms with E-state index in [1.54, 1.807) is 59.6 Å². The summed E-state index contributed by atoms with van der Waals surface area (Å²) in [6.07, 6.45) is -2.17. The van der Waals surface area contributed by atoms with Crippen molar-refractivity contribution in [1.82, 2.24) is 0 Å². The fourth-order valence-electron chi connectivity index (χ4n) is 14.9. The Hall–Kier alpha value is -2.50. The highest BCUT2D eigenvalue weighted by atomic mass is 16.8. The van der Waals surface area contributed by atoms with E-state index in [2.05, 4.69) is 13.0 Å². The summed E-state index contributed by atoms with van der Waals surface area (Å²) in [6, 6.07) is 8.78. The predicted molar refractivity (Wildman–Crippen MR) is 264 cm³/mol. The number of rotatable bonds is 15. The highest BCUT2D eigenvalue weighted by Crippen LogP contribution is 2.70. The normalized spacial score (nSPS) is 48.4. The topological polar surface area (TPSA) is 215 Å². The third kappa shape index (κ3) is 10.1. The van der Waals surface area contributed by atoms with Gasteiger partial charge in [0, 0.05) is 71.4 Å². The number of fused-ring (bicyclic) bond motifs is 5. The van der Waals surface area contributed by atoms with Crippen molar-refractivity contribution in [2.24, 2.45) is 22.7 Å². The van der Waals surface area contributed by atoms with E-state index < -0.39 is 132 Å². The summed E-state index contributed by atoms with van der Waals surface area (Å²) in [4.78, 5) is 27.0. The highest BCUT2D eigenvalue weighted by molar-refractivity contribution is 5.89. The highest BCUT2D eigenvalue weighted by Gasteiger charge is 2.77. The van der Waals surface area contributed by atoms with E-state index in [0.29, 0.717) is 63.4 Å². The molecule has 4 aliphatic heterocycles. The molecule has 4 heterocycles. The molecule has 4 saturated heterocycles. The first-order valence-corrected chi connectivity index (χ1v) is 27.1. The zero-order valence-corrected chi connectivity index (χ0v) is 45.3. The van der Waals surface area contributed by atoms with Crippen molar-refractivity contribution in [3.05, 3.63) is 47.5 Å². The summed E-state index contributed by atoms with van der Waals surface area (Å²) in [5.41, 5.74) is -3.42. The van der Waals surface area contributed by atoms with E-state index >= 15 is 0 Å². The molecule has 0 unspecified atom stereocenters. The van der Waals surface area contributed by atoms with E-state index in [9.17, 15) is 24.9 Å². The quantitative estimate of drug-likeness (QED) is 0.141. The van der Waals surface area contributed by atoms with E-state index in [-0.39, 0.29) is 36.9 Å². The molecule has 0 aromatic heterocycles. The second-order valence-electron chi connectivity index (χ2n) is 23.1. The van der Waals surface area contributed by atoms with Crippen LogP contribution in [0.5, 0.6) is 0 Å². The van der Waals surface area contributed by atoms with Gasteiger partial charge in [-0.25, -0.2) is 4.79 Å². The number of carbonyl (C=O) groups is 2. The molecule has 74 heavy (non-hydrogen) atoms. The van der Waals surface area contributed by atoms with Gasteiger partial charge in [0.2, 0.25) is 0 Å². The first-order chi connectivity index (χ1) is 35.2. The number of hydrogen-bond acceptors (Lipinski definition) is 18. The SMILES string of the molecule is CO[C@H]1C[C@H](O[C@@H]2[C@@H](C)O[C@@H](O[C@H]3[C@@H](OC)C[C@H](O[C@H]4[C@@H](OC)C[C@H](O[C@H]5CC[C@@]6(C)C(=CC[C@]7(O)[C@@H]6C[C@@H](OC(=O)c6ccccc6)[C@]6(C)[C@H](C(C)=O)CC[C@@]67O)C5)O[C@@H]4C)O[C@@H]3C)C[C@H]2OC)O[C@H](C)[C@H]1O. The largest absolute Gasteiger partial charge is 0.458 e. The Balaban J connectivity index is 0.803. The van der Waals surface area contributed by atoms with Gasteiger partial charge in [0.25, 0.3) is 0 Å². The summed E-state index contributed by atoms with van der Waals surface area (Å²) in [6.45, 7) is 13.1. The molecular weight excluding hydrogens is 961 g/mol. The van der Waals surface area contributed by atoms with Gasteiger partial charge in [0.1, 0.15) is 47.5 Å². The number of carbonyl (C=O) groups excluding carboxylic acids is 2. The van der Waals surface area contributed by atoms with Gasteiger partial charge >= 0.3 is 5.97 Å². The maximum atomic E-state index is 13.7. The number of benzene rings is 1. The van der Waals surface area contributed by atoms with Gasteiger partial charge in [-0.05, 0) is 97.1 Å². The molecule has 3 N–H and O–H groups in total. The molecule has 1 aromatic carbocycles. The van der Waals surface area contributed by atoms with E-state index in [0.717, 1.165) is 5.57 Å². The summed E-state index contributed by atoms with van der Waals surface area (Å²) >= 11 is 0. The molecule has 4 aliphatic carbocycles. The summed E-state index contributed by atoms with van der Waals surface area (Å²) < 4.78 is 81.8. The maximum Gasteiger partial charge on any atom is 0.338 e. The van der Waals surface area contributed by atoms with E-state index in [1.807, 2.05) is 33.8 Å². The molecule has 9 rings (SSSR count). The fourth-order valence-corrected chi connectivity index (χ4v) is 14.9. The average molecular weight is 1050 g/mol. The molecule has 7 fully saturated rings. The monoisotopic (exact) mass is 1040 g/mol. The lowest BCUT2D eigenvalue weighted by Crippen LogP contribution is -2.75. The Kier molecular flexibility index (Phi) is 17.0. The molecule has 0 bridgehead atoms. The Morgan fingerprint density at radius 3 is 1.62 bits per heavy atom. The summed E-state index contributed by atoms with van der Waals surface area (Å²) in [7, 11) is 6.52. The van der Waals surface area contributed by atoms with Gasteiger partial charge in [-0.2, -0.15) is 0 Å². The third-order valence-electron chi connectivity index (χ3n) is 19.2. The van der Waals surface area contributed by atoms with Crippen molar-refractivity contribution >= 4 is 11.8 Å². The summed E-state index contributed by atoms with van der Waals surface area (Å²) in [5, 5.41) is 36.4. The van der Waals surface area contributed by atoms with Crippen LogP contribution in [0.25, 0.3) is 0 Å². The van der Waals surface area contributed by atoms with Crippen LogP contribution in [0.1, 0.15) is 129 Å². The fraction of sp³-hybridized carbons (Fsp3) is 0.821. The zero-order chi connectivity index (χ0) is 53.1. The van der Waals surface area contributed by atoms with Crippen molar-refractivity contribution in [1.29, 1.82) is 0 Å². The van der Waals surface area contributed by atoms with Crippen LogP contribution < -0.4 is 0 Å². The van der Waals surface area contributed by atoms with Crippen LogP contribution in [0.15, 0.2) is 42.0 Å². The minimum atomic E-state index is -1.68. The molecule has 18 heteroatoms. The molecule has 1 aromatic rings. The van der Waals surface area contributed by atoms with E-state index in [4.69, 9.17) is 61.6 Å². The van der Waals surface area contributed by atoms with Gasteiger partial charge in [-0.1, -0.05) is 43.7 Å². The van der Waals surface area contributed by atoms with Crippen molar-refractivity contribution in [3.8, 4) is 0 Å². The van der Waals surface area contributed by atoms with Crippen molar-refractivity contribution in [2.75, 3.05) is 28.4 Å². The van der Waals surface area contributed by atoms with Gasteiger partial charge in [0.15, 0.2) is 25.2 Å². The Labute approximate surface area is 436 Å². The maximum absolute atomic E-state index is 13.7.